The van der Waals surface area contributed by atoms with Gasteiger partial charge in [-0.15, -0.1) is 0 Å². The number of nitriles is 1. The molecule has 0 bridgehead atoms. The molecule has 28 heavy (non-hydrogen) atoms. The molecule has 1 aliphatic heterocycles. The maximum absolute atomic E-state index is 12.9. The highest BCUT2D eigenvalue weighted by molar-refractivity contribution is 5.99. The summed E-state index contributed by atoms with van der Waals surface area (Å²) in [6, 6.07) is 18.3. The number of hydrogen-bond donors (Lipinski definition) is 1. The first-order valence-corrected chi connectivity index (χ1v) is 8.79. The minimum Gasteiger partial charge on any atom is -0.497 e. The summed E-state index contributed by atoms with van der Waals surface area (Å²) in [5, 5.41) is 9.71. The molecule has 6 heteroatoms. The van der Waals surface area contributed by atoms with Gasteiger partial charge in [-0.3, -0.25) is 0 Å². The number of esters is 1. The van der Waals surface area contributed by atoms with Crippen molar-refractivity contribution in [2.75, 3.05) is 13.7 Å². The Morgan fingerprint density at radius 2 is 1.86 bits per heavy atom. The number of rotatable bonds is 5. The predicted octanol–water partition coefficient (Wildman–Crippen LogP) is 3.48. The molecule has 0 aromatic heterocycles. The normalized spacial score (nSPS) is 16.2. The average Bonchev–Trinajstić information content (AvgIpc) is 2.73. The van der Waals surface area contributed by atoms with Gasteiger partial charge in [0, 0.05) is 5.56 Å². The Bertz CT molecular complexity index is 970. The van der Waals surface area contributed by atoms with Crippen LogP contribution in [0.4, 0.5) is 0 Å². The van der Waals surface area contributed by atoms with Crippen LogP contribution in [-0.4, -0.2) is 19.7 Å². The van der Waals surface area contributed by atoms with Crippen molar-refractivity contribution in [3.63, 3.8) is 0 Å². The van der Waals surface area contributed by atoms with E-state index in [9.17, 15) is 10.1 Å². The summed E-state index contributed by atoms with van der Waals surface area (Å²) in [6.07, 6.45) is 0. The van der Waals surface area contributed by atoms with Gasteiger partial charge in [0.1, 0.15) is 23.2 Å². The van der Waals surface area contributed by atoms with Gasteiger partial charge in [0.05, 0.1) is 25.2 Å². The van der Waals surface area contributed by atoms with Crippen molar-refractivity contribution in [1.82, 2.24) is 0 Å². The summed E-state index contributed by atoms with van der Waals surface area (Å²) in [6.45, 7) is 1.92. The zero-order valence-electron chi connectivity index (χ0n) is 15.6. The van der Waals surface area contributed by atoms with Gasteiger partial charge in [-0.05, 0) is 24.6 Å². The van der Waals surface area contributed by atoms with E-state index in [1.807, 2.05) is 30.3 Å². The first-order chi connectivity index (χ1) is 13.6. The summed E-state index contributed by atoms with van der Waals surface area (Å²) in [5.41, 5.74) is 7.84. The Hall–Kier alpha value is -3.72. The fraction of sp³-hybridized carbons (Fsp3) is 0.182. The quantitative estimate of drug-likeness (QED) is 0.803. The molecule has 0 amide bonds. The topological polar surface area (TPSA) is 94.6 Å². The molecule has 2 aromatic rings. The van der Waals surface area contributed by atoms with Crippen LogP contribution < -0.4 is 10.5 Å². The van der Waals surface area contributed by atoms with Crippen LogP contribution in [0.5, 0.6) is 5.75 Å². The molecule has 0 saturated heterocycles. The van der Waals surface area contributed by atoms with E-state index in [1.165, 1.54) is 0 Å². The smallest absolute Gasteiger partial charge is 0.338 e. The number of ether oxygens (including phenoxy) is 3. The van der Waals surface area contributed by atoms with E-state index in [-0.39, 0.29) is 29.4 Å². The minimum atomic E-state index is -0.709. The second-order valence-electron chi connectivity index (χ2n) is 6.03. The van der Waals surface area contributed by atoms with Crippen molar-refractivity contribution in [2.45, 2.75) is 12.8 Å². The summed E-state index contributed by atoms with van der Waals surface area (Å²) in [7, 11) is 1.57. The van der Waals surface area contributed by atoms with Crippen LogP contribution in [0, 0.1) is 11.3 Å². The first kappa shape index (κ1) is 19.1. The van der Waals surface area contributed by atoms with E-state index in [1.54, 1.807) is 38.3 Å². The molecule has 0 radical (unpaired) electrons. The third-order valence-corrected chi connectivity index (χ3v) is 4.40. The van der Waals surface area contributed by atoms with Gasteiger partial charge in [0.15, 0.2) is 0 Å². The zero-order chi connectivity index (χ0) is 20.1. The molecule has 3 rings (SSSR count). The van der Waals surface area contributed by atoms with Gasteiger partial charge in [-0.2, -0.15) is 5.26 Å². The monoisotopic (exact) mass is 376 g/mol. The zero-order valence-corrected chi connectivity index (χ0v) is 15.6. The molecule has 0 saturated carbocycles. The third kappa shape index (κ3) is 3.55. The third-order valence-electron chi connectivity index (χ3n) is 4.40. The Kier molecular flexibility index (Phi) is 5.66. The van der Waals surface area contributed by atoms with Crippen LogP contribution in [0.15, 0.2) is 71.6 Å². The maximum Gasteiger partial charge on any atom is 0.338 e. The minimum absolute atomic E-state index is 0.0322. The second-order valence-corrected chi connectivity index (χ2v) is 6.03. The number of nitrogens with zero attached hydrogens (tertiary/aromatic N) is 1. The number of carbonyl (C=O) groups is 1. The molecule has 142 valence electrons. The van der Waals surface area contributed by atoms with Gasteiger partial charge >= 0.3 is 5.97 Å². The highest BCUT2D eigenvalue weighted by Crippen LogP contribution is 2.43. The van der Waals surface area contributed by atoms with Crippen molar-refractivity contribution in [2.24, 2.45) is 5.73 Å². The van der Waals surface area contributed by atoms with Crippen LogP contribution in [0.1, 0.15) is 24.0 Å². The average molecular weight is 376 g/mol. The summed E-state index contributed by atoms with van der Waals surface area (Å²) in [5.74, 6) is -0.343. The molecule has 0 aliphatic carbocycles. The van der Waals surface area contributed by atoms with E-state index < -0.39 is 11.9 Å². The predicted molar refractivity (Wildman–Crippen MR) is 104 cm³/mol. The van der Waals surface area contributed by atoms with Crippen LogP contribution in [-0.2, 0) is 14.3 Å². The number of carbonyl (C=O) groups excluding carboxylic acids is 1. The van der Waals surface area contributed by atoms with E-state index in [4.69, 9.17) is 19.9 Å². The van der Waals surface area contributed by atoms with Crippen molar-refractivity contribution in [3.05, 3.63) is 82.8 Å². The lowest BCUT2D eigenvalue weighted by Gasteiger charge is -2.28. The fourth-order valence-electron chi connectivity index (χ4n) is 3.11. The highest BCUT2D eigenvalue weighted by atomic mass is 16.5. The van der Waals surface area contributed by atoms with Gasteiger partial charge in [-0.1, -0.05) is 42.5 Å². The van der Waals surface area contributed by atoms with Crippen LogP contribution in [0.2, 0.25) is 0 Å². The lowest BCUT2D eigenvalue weighted by atomic mass is 9.82. The Balaban J connectivity index is 2.24. The largest absolute Gasteiger partial charge is 0.497 e. The number of nitrogens with two attached hydrogens (primary N) is 1. The standard InChI is InChI=1S/C22H20N2O4/c1-3-27-22(25)19-18(14-9-11-16(26-2)12-10-14)17(13-23)21(24)28-20(19)15-7-5-4-6-8-15/h4-12,18H,3,24H2,1-2H3. The molecule has 1 heterocycles. The van der Waals surface area contributed by atoms with E-state index >= 15 is 0 Å². The van der Waals surface area contributed by atoms with Gasteiger partial charge in [-0.25, -0.2) is 4.79 Å². The Labute approximate surface area is 163 Å². The molecule has 2 aromatic carbocycles. The molecular formula is C22H20N2O4. The molecule has 2 N–H and O–H groups in total. The summed E-state index contributed by atoms with van der Waals surface area (Å²) in [4.78, 5) is 12.9. The molecule has 0 spiro atoms. The molecule has 6 nitrogen and oxygen atoms in total. The van der Waals surface area contributed by atoms with E-state index in [0.29, 0.717) is 16.9 Å². The number of methoxy groups -OCH3 is 1. The van der Waals surface area contributed by atoms with E-state index in [0.717, 1.165) is 0 Å². The van der Waals surface area contributed by atoms with Crippen molar-refractivity contribution in [3.8, 4) is 11.8 Å². The maximum atomic E-state index is 12.9. The molecule has 0 fully saturated rings. The van der Waals surface area contributed by atoms with Gasteiger partial charge < -0.3 is 19.9 Å². The van der Waals surface area contributed by atoms with Gasteiger partial charge in [0.25, 0.3) is 0 Å². The molecule has 1 atom stereocenters. The lowest BCUT2D eigenvalue weighted by Crippen LogP contribution is -2.25. The van der Waals surface area contributed by atoms with Crippen molar-refractivity contribution >= 4 is 11.7 Å². The number of allylic oxidation sites excluding steroid dienone is 1. The lowest BCUT2D eigenvalue weighted by molar-refractivity contribution is -0.138. The molecular weight excluding hydrogens is 356 g/mol. The summed E-state index contributed by atoms with van der Waals surface area (Å²) >= 11 is 0. The van der Waals surface area contributed by atoms with Gasteiger partial charge in [0.2, 0.25) is 5.88 Å². The Morgan fingerprint density at radius 3 is 2.43 bits per heavy atom. The second kappa shape index (κ2) is 8.31. The first-order valence-electron chi connectivity index (χ1n) is 8.79. The number of benzene rings is 2. The van der Waals surface area contributed by atoms with Crippen molar-refractivity contribution < 1.29 is 19.0 Å². The Morgan fingerprint density at radius 1 is 1.18 bits per heavy atom. The van der Waals surface area contributed by atoms with Crippen LogP contribution >= 0.6 is 0 Å². The fourth-order valence-corrected chi connectivity index (χ4v) is 3.11. The van der Waals surface area contributed by atoms with Crippen LogP contribution in [0.25, 0.3) is 5.76 Å². The van der Waals surface area contributed by atoms with E-state index in [2.05, 4.69) is 6.07 Å². The molecule has 1 aliphatic rings. The van der Waals surface area contributed by atoms with Crippen molar-refractivity contribution in [1.29, 1.82) is 5.26 Å². The highest BCUT2D eigenvalue weighted by Gasteiger charge is 2.38. The number of hydrogen-bond acceptors (Lipinski definition) is 6. The summed E-state index contributed by atoms with van der Waals surface area (Å²) < 4.78 is 16.2. The van der Waals surface area contributed by atoms with Crippen LogP contribution in [0.3, 0.4) is 0 Å². The molecule has 1 unspecified atom stereocenters. The SMILES string of the molecule is CCOC(=O)C1=C(c2ccccc2)OC(N)=C(C#N)C1c1ccc(OC)cc1.